The predicted octanol–water partition coefficient (Wildman–Crippen LogP) is 5.89. The van der Waals surface area contributed by atoms with Gasteiger partial charge in [0.2, 0.25) is 0 Å². The van der Waals surface area contributed by atoms with E-state index in [4.69, 9.17) is 9.47 Å². The lowest BCUT2D eigenvalue weighted by molar-refractivity contribution is -0.114. The number of ether oxygens (including phenoxy) is 2. The van der Waals surface area contributed by atoms with Crippen molar-refractivity contribution in [1.82, 2.24) is 0 Å². The van der Waals surface area contributed by atoms with Crippen LogP contribution in [0.3, 0.4) is 0 Å². The van der Waals surface area contributed by atoms with E-state index in [0.29, 0.717) is 11.3 Å². The number of ketones is 1. The van der Waals surface area contributed by atoms with Crippen molar-refractivity contribution < 1.29 is 19.1 Å². The molecule has 0 aliphatic rings. The van der Waals surface area contributed by atoms with Crippen molar-refractivity contribution in [2.45, 2.75) is 52.9 Å². The van der Waals surface area contributed by atoms with E-state index in [1.54, 1.807) is 24.3 Å². The highest BCUT2D eigenvalue weighted by atomic mass is 16.5. The normalized spacial score (nSPS) is 12.1. The number of rotatable bonds is 8. The van der Waals surface area contributed by atoms with Crippen molar-refractivity contribution in [3.8, 4) is 5.75 Å². The molecule has 0 atom stereocenters. The summed E-state index contributed by atoms with van der Waals surface area (Å²) < 4.78 is 10.3. The van der Waals surface area contributed by atoms with Crippen LogP contribution in [0.5, 0.6) is 5.75 Å². The lowest BCUT2D eigenvalue weighted by Gasteiger charge is -2.33. The molecule has 2 rings (SSSR count). The van der Waals surface area contributed by atoms with Crippen LogP contribution < -0.4 is 4.74 Å². The van der Waals surface area contributed by atoms with E-state index in [2.05, 4.69) is 46.8 Å². The number of hydrogen-bond donors (Lipinski definition) is 0. The zero-order valence-corrected chi connectivity index (χ0v) is 18.8. The molecule has 0 amide bonds. The molecule has 0 bridgehead atoms. The molecular formula is C26H32O4. The third-order valence-corrected chi connectivity index (χ3v) is 4.79. The van der Waals surface area contributed by atoms with E-state index >= 15 is 0 Å². The van der Waals surface area contributed by atoms with Crippen molar-refractivity contribution >= 4 is 11.8 Å². The van der Waals surface area contributed by atoms with Crippen molar-refractivity contribution in [3.63, 3.8) is 0 Å². The fourth-order valence-corrected chi connectivity index (χ4v) is 3.79. The van der Waals surface area contributed by atoms with E-state index in [1.165, 1.54) is 25.0 Å². The molecule has 4 heteroatoms. The molecule has 160 valence electrons. The Morgan fingerprint density at radius 3 is 2.23 bits per heavy atom. The second-order valence-electron chi connectivity index (χ2n) is 9.40. The first kappa shape index (κ1) is 23.4. The standard InChI is InChI=1S/C26H32O4/c1-25(2,3)18-26(4,5)21-10-12-23(13-11-21)30-15-14-22(27)17-19-8-7-9-20(16-19)24(28)29-6/h7-16H,17-18H2,1-6H3/b15-14+. The van der Waals surface area contributed by atoms with Crippen molar-refractivity contribution in [1.29, 1.82) is 0 Å². The third-order valence-electron chi connectivity index (χ3n) is 4.79. The Labute approximate surface area is 179 Å². The number of carbonyl (C=O) groups excluding carboxylic acids is 2. The molecule has 0 radical (unpaired) electrons. The number of benzene rings is 2. The zero-order valence-electron chi connectivity index (χ0n) is 18.8. The smallest absolute Gasteiger partial charge is 0.337 e. The van der Waals surface area contributed by atoms with Gasteiger partial charge in [0.25, 0.3) is 0 Å². The summed E-state index contributed by atoms with van der Waals surface area (Å²) in [6, 6.07) is 14.9. The molecule has 0 spiro atoms. The van der Waals surface area contributed by atoms with Crippen LogP contribution >= 0.6 is 0 Å². The Balaban J connectivity index is 1.94. The van der Waals surface area contributed by atoms with Crippen LogP contribution in [0.15, 0.2) is 60.9 Å². The van der Waals surface area contributed by atoms with E-state index in [1.807, 2.05) is 12.1 Å². The number of esters is 1. The Kier molecular flexibility index (Phi) is 7.60. The van der Waals surface area contributed by atoms with Crippen LogP contribution in [0.2, 0.25) is 0 Å². The van der Waals surface area contributed by atoms with Crippen LogP contribution in [0.25, 0.3) is 0 Å². The summed E-state index contributed by atoms with van der Waals surface area (Å²) in [6.07, 6.45) is 4.07. The summed E-state index contributed by atoms with van der Waals surface area (Å²) in [5.74, 6) is 0.152. The maximum atomic E-state index is 12.2. The van der Waals surface area contributed by atoms with Gasteiger partial charge in [0.1, 0.15) is 5.75 Å². The third kappa shape index (κ3) is 7.18. The van der Waals surface area contributed by atoms with E-state index < -0.39 is 5.97 Å². The second-order valence-corrected chi connectivity index (χ2v) is 9.40. The van der Waals surface area contributed by atoms with Crippen LogP contribution in [0.4, 0.5) is 0 Å². The average Bonchev–Trinajstić information content (AvgIpc) is 2.66. The Morgan fingerprint density at radius 1 is 0.967 bits per heavy atom. The Morgan fingerprint density at radius 2 is 1.63 bits per heavy atom. The fourth-order valence-electron chi connectivity index (χ4n) is 3.79. The number of carbonyl (C=O) groups is 2. The van der Waals surface area contributed by atoms with Gasteiger partial charge in [-0.15, -0.1) is 0 Å². The van der Waals surface area contributed by atoms with Gasteiger partial charge in [-0.3, -0.25) is 4.79 Å². The maximum absolute atomic E-state index is 12.2. The van der Waals surface area contributed by atoms with E-state index in [0.717, 1.165) is 12.0 Å². The van der Waals surface area contributed by atoms with E-state index in [9.17, 15) is 9.59 Å². The van der Waals surface area contributed by atoms with Crippen LogP contribution in [-0.2, 0) is 21.4 Å². The van der Waals surface area contributed by atoms with Gasteiger partial charge in [-0.1, -0.05) is 58.9 Å². The molecule has 0 fully saturated rings. The number of hydrogen-bond acceptors (Lipinski definition) is 4. The average molecular weight is 409 g/mol. The van der Waals surface area contributed by atoms with Crippen LogP contribution in [0, 0.1) is 5.41 Å². The van der Waals surface area contributed by atoms with Crippen molar-refractivity contribution in [2.75, 3.05) is 7.11 Å². The highest BCUT2D eigenvalue weighted by molar-refractivity contribution is 5.92. The summed E-state index contributed by atoms with van der Waals surface area (Å²) in [6.45, 7) is 11.3. The molecule has 0 heterocycles. The largest absolute Gasteiger partial charge is 0.465 e. The molecule has 0 aromatic heterocycles. The van der Waals surface area contributed by atoms with Gasteiger partial charge in [0.05, 0.1) is 18.9 Å². The van der Waals surface area contributed by atoms with Crippen molar-refractivity contribution in [2.24, 2.45) is 5.41 Å². The summed E-state index contributed by atoms with van der Waals surface area (Å²) in [5, 5.41) is 0. The van der Waals surface area contributed by atoms with Gasteiger partial charge in [0, 0.05) is 12.5 Å². The molecular weight excluding hydrogens is 376 g/mol. The quantitative estimate of drug-likeness (QED) is 0.310. The molecule has 0 aliphatic carbocycles. The molecule has 0 N–H and O–H groups in total. The molecule has 0 saturated carbocycles. The van der Waals surface area contributed by atoms with Crippen LogP contribution in [-0.4, -0.2) is 18.9 Å². The van der Waals surface area contributed by atoms with Gasteiger partial charge >= 0.3 is 5.97 Å². The van der Waals surface area contributed by atoms with Crippen molar-refractivity contribution in [3.05, 3.63) is 77.6 Å². The Hall–Kier alpha value is -2.88. The van der Waals surface area contributed by atoms with Gasteiger partial charge < -0.3 is 9.47 Å². The highest BCUT2D eigenvalue weighted by Gasteiger charge is 2.27. The molecule has 30 heavy (non-hydrogen) atoms. The summed E-state index contributed by atoms with van der Waals surface area (Å²) >= 11 is 0. The molecule has 2 aromatic rings. The fraction of sp³-hybridized carbons (Fsp3) is 0.385. The maximum Gasteiger partial charge on any atom is 0.337 e. The van der Waals surface area contributed by atoms with Gasteiger partial charge in [0.15, 0.2) is 5.78 Å². The number of methoxy groups -OCH3 is 1. The molecule has 0 aliphatic heterocycles. The SMILES string of the molecule is COC(=O)c1cccc(CC(=O)/C=C/Oc2ccc(C(C)(C)CC(C)(C)C)cc2)c1. The monoisotopic (exact) mass is 408 g/mol. The van der Waals surface area contributed by atoms with Gasteiger partial charge in [-0.25, -0.2) is 4.79 Å². The molecule has 2 aromatic carbocycles. The minimum absolute atomic E-state index is 0.0708. The summed E-state index contributed by atoms with van der Waals surface area (Å²) in [7, 11) is 1.33. The number of allylic oxidation sites excluding steroid dienone is 1. The highest BCUT2D eigenvalue weighted by Crippen LogP contribution is 2.36. The second kappa shape index (κ2) is 9.75. The van der Waals surface area contributed by atoms with E-state index in [-0.39, 0.29) is 23.0 Å². The Bertz CT molecular complexity index is 899. The topological polar surface area (TPSA) is 52.6 Å². The van der Waals surface area contributed by atoms with Gasteiger partial charge in [-0.2, -0.15) is 0 Å². The first-order valence-electron chi connectivity index (χ1n) is 10.1. The van der Waals surface area contributed by atoms with Gasteiger partial charge in [-0.05, 0) is 52.6 Å². The molecule has 0 unspecified atom stereocenters. The van der Waals surface area contributed by atoms with Crippen LogP contribution in [0.1, 0.15) is 62.5 Å². The lowest BCUT2D eigenvalue weighted by Crippen LogP contribution is -2.24. The minimum atomic E-state index is -0.419. The molecule has 0 saturated heterocycles. The summed E-state index contributed by atoms with van der Waals surface area (Å²) in [5.41, 5.74) is 2.75. The molecule has 4 nitrogen and oxygen atoms in total. The summed E-state index contributed by atoms with van der Waals surface area (Å²) in [4.78, 5) is 23.8. The first-order chi connectivity index (χ1) is 14.0. The zero-order chi connectivity index (χ0) is 22.4. The predicted molar refractivity (Wildman–Crippen MR) is 120 cm³/mol. The lowest BCUT2D eigenvalue weighted by atomic mass is 9.72. The minimum Gasteiger partial charge on any atom is -0.465 e. The first-order valence-corrected chi connectivity index (χ1v) is 10.1.